The third-order valence-corrected chi connectivity index (χ3v) is 4.96. The van der Waals surface area contributed by atoms with Gasteiger partial charge in [-0.2, -0.15) is 0 Å². The molecule has 1 aromatic carbocycles. The average Bonchev–Trinajstić information content (AvgIpc) is 2.46. The molecule has 1 fully saturated rings. The summed E-state index contributed by atoms with van der Waals surface area (Å²) < 4.78 is 37.9. The second-order valence-electron chi connectivity index (χ2n) is 5.06. The lowest BCUT2D eigenvalue weighted by atomic mass is 10.0. The van der Waals surface area contributed by atoms with Crippen LogP contribution in [0.2, 0.25) is 0 Å². The number of sulfonamides is 1. The van der Waals surface area contributed by atoms with Gasteiger partial charge in [-0.05, 0) is 43.4 Å². The number of benzene rings is 1. The van der Waals surface area contributed by atoms with Gasteiger partial charge in [-0.15, -0.1) is 0 Å². The quantitative estimate of drug-likeness (QED) is 0.899. The first kappa shape index (κ1) is 15.3. The zero-order valence-electron chi connectivity index (χ0n) is 11.9. The maximum absolute atomic E-state index is 12.4. The highest BCUT2D eigenvalue weighted by Gasteiger charge is 2.22. The van der Waals surface area contributed by atoms with Crippen molar-refractivity contribution in [2.45, 2.75) is 24.7 Å². The van der Waals surface area contributed by atoms with E-state index in [1.807, 2.05) is 13.0 Å². The summed E-state index contributed by atoms with van der Waals surface area (Å²) in [4.78, 5) is 0.201. The monoisotopic (exact) mass is 299 g/mol. The van der Waals surface area contributed by atoms with Crippen LogP contribution in [-0.2, 0) is 14.8 Å². The average molecular weight is 299 g/mol. The molecular weight excluding hydrogens is 278 g/mol. The van der Waals surface area contributed by atoms with Crippen molar-refractivity contribution in [1.82, 2.24) is 4.72 Å². The smallest absolute Gasteiger partial charge is 0.244 e. The lowest BCUT2D eigenvalue weighted by molar-refractivity contribution is 0.0678. The second kappa shape index (κ2) is 6.56. The fourth-order valence-corrected chi connectivity index (χ4v) is 3.62. The molecule has 6 heteroatoms. The van der Waals surface area contributed by atoms with E-state index in [1.54, 1.807) is 12.1 Å². The normalized spacial score (nSPS) is 17.1. The molecule has 1 aliphatic rings. The molecule has 0 spiro atoms. The highest BCUT2D eigenvalue weighted by Crippen LogP contribution is 2.25. The van der Waals surface area contributed by atoms with Crippen LogP contribution in [-0.4, -0.2) is 35.3 Å². The van der Waals surface area contributed by atoms with Gasteiger partial charge < -0.3 is 9.47 Å². The fourth-order valence-electron chi connectivity index (χ4n) is 2.25. The lowest BCUT2D eigenvalue weighted by Gasteiger charge is -2.22. The largest absolute Gasteiger partial charge is 0.495 e. The number of methoxy groups -OCH3 is 1. The van der Waals surface area contributed by atoms with Gasteiger partial charge in [0.2, 0.25) is 10.0 Å². The molecule has 1 saturated heterocycles. The minimum absolute atomic E-state index is 0.201. The van der Waals surface area contributed by atoms with Crippen molar-refractivity contribution in [1.29, 1.82) is 0 Å². The number of hydrogen-bond acceptors (Lipinski definition) is 4. The summed E-state index contributed by atoms with van der Waals surface area (Å²) in [6, 6.07) is 5.14. The van der Waals surface area contributed by atoms with Gasteiger partial charge >= 0.3 is 0 Å². The summed E-state index contributed by atoms with van der Waals surface area (Å²) in [5.74, 6) is 0.712. The van der Waals surface area contributed by atoms with E-state index in [0.29, 0.717) is 31.4 Å². The minimum Gasteiger partial charge on any atom is -0.495 e. The summed E-state index contributed by atoms with van der Waals surface area (Å²) >= 11 is 0. The minimum atomic E-state index is -3.54. The molecule has 2 rings (SSSR count). The number of aryl methyl sites for hydroxylation is 1. The van der Waals surface area contributed by atoms with Gasteiger partial charge in [0, 0.05) is 19.8 Å². The van der Waals surface area contributed by atoms with Crippen molar-refractivity contribution in [3.05, 3.63) is 23.8 Å². The number of hydrogen-bond donors (Lipinski definition) is 1. The highest BCUT2D eigenvalue weighted by molar-refractivity contribution is 7.89. The molecule has 0 saturated carbocycles. The number of rotatable bonds is 5. The number of ether oxygens (including phenoxy) is 2. The van der Waals surface area contributed by atoms with Crippen LogP contribution < -0.4 is 9.46 Å². The molecule has 1 aromatic rings. The Labute approximate surface area is 120 Å². The molecule has 0 aliphatic carbocycles. The van der Waals surface area contributed by atoms with E-state index in [9.17, 15) is 8.42 Å². The molecule has 0 bridgehead atoms. The van der Waals surface area contributed by atoms with E-state index >= 15 is 0 Å². The predicted molar refractivity (Wildman–Crippen MR) is 76.5 cm³/mol. The Morgan fingerprint density at radius 1 is 1.35 bits per heavy atom. The van der Waals surface area contributed by atoms with Crippen LogP contribution in [0.5, 0.6) is 5.75 Å². The maximum Gasteiger partial charge on any atom is 0.244 e. The van der Waals surface area contributed by atoms with Gasteiger partial charge in [0.1, 0.15) is 10.6 Å². The molecule has 0 atom stereocenters. The SMILES string of the molecule is COc1ccc(C)cc1S(=O)(=O)NCC1CCOCC1. The van der Waals surface area contributed by atoms with E-state index in [-0.39, 0.29) is 4.90 Å². The first-order valence-corrected chi connectivity index (χ1v) is 8.23. The van der Waals surface area contributed by atoms with Crippen LogP contribution >= 0.6 is 0 Å². The van der Waals surface area contributed by atoms with Gasteiger partial charge in [-0.25, -0.2) is 13.1 Å². The highest BCUT2D eigenvalue weighted by atomic mass is 32.2. The van der Waals surface area contributed by atoms with Crippen LogP contribution in [0.4, 0.5) is 0 Å². The molecule has 0 unspecified atom stereocenters. The van der Waals surface area contributed by atoms with E-state index in [0.717, 1.165) is 18.4 Å². The summed E-state index contributed by atoms with van der Waals surface area (Å²) in [6.07, 6.45) is 1.79. The molecule has 0 radical (unpaired) electrons. The second-order valence-corrected chi connectivity index (χ2v) is 6.80. The van der Waals surface area contributed by atoms with Gasteiger partial charge in [-0.3, -0.25) is 0 Å². The van der Waals surface area contributed by atoms with Gasteiger partial charge in [0.15, 0.2) is 0 Å². The fraction of sp³-hybridized carbons (Fsp3) is 0.571. The van der Waals surface area contributed by atoms with Crippen molar-refractivity contribution in [3.63, 3.8) is 0 Å². The third kappa shape index (κ3) is 3.71. The maximum atomic E-state index is 12.4. The summed E-state index contributed by atoms with van der Waals surface area (Å²) in [7, 11) is -2.07. The first-order valence-electron chi connectivity index (χ1n) is 6.75. The van der Waals surface area contributed by atoms with Crippen LogP contribution in [0.3, 0.4) is 0 Å². The summed E-state index contributed by atoms with van der Waals surface area (Å²) in [5, 5.41) is 0. The van der Waals surface area contributed by atoms with Crippen LogP contribution in [0.15, 0.2) is 23.1 Å². The molecule has 0 aromatic heterocycles. The number of nitrogens with one attached hydrogen (secondary N) is 1. The van der Waals surface area contributed by atoms with E-state index in [2.05, 4.69) is 4.72 Å². The van der Waals surface area contributed by atoms with Crippen LogP contribution in [0, 0.1) is 12.8 Å². The Bertz CT molecular complexity index is 550. The van der Waals surface area contributed by atoms with Crippen molar-refractivity contribution >= 4 is 10.0 Å². The summed E-state index contributed by atoms with van der Waals surface area (Å²) in [6.45, 7) is 3.72. The molecule has 1 N–H and O–H groups in total. The Balaban J connectivity index is 2.11. The summed E-state index contributed by atoms with van der Waals surface area (Å²) in [5.41, 5.74) is 0.886. The Kier molecular flexibility index (Phi) is 5.01. The predicted octanol–water partition coefficient (Wildman–Crippen LogP) is 1.71. The molecule has 112 valence electrons. The molecule has 5 nitrogen and oxygen atoms in total. The van der Waals surface area contributed by atoms with Crippen molar-refractivity contribution in [2.75, 3.05) is 26.9 Å². The zero-order chi connectivity index (χ0) is 14.6. The van der Waals surface area contributed by atoms with Crippen molar-refractivity contribution < 1.29 is 17.9 Å². The van der Waals surface area contributed by atoms with Gasteiger partial charge in [-0.1, -0.05) is 6.07 Å². The Morgan fingerprint density at radius 2 is 2.05 bits per heavy atom. The molecule has 0 amide bonds. The Hall–Kier alpha value is -1.11. The molecule has 20 heavy (non-hydrogen) atoms. The topological polar surface area (TPSA) is 64.6 Å². The van der Waals surface area contributed by atoms with E-state index in [1.165, 1.54) is 7.11 Å². The van der Waals surface area contributed by atoms with Crippen LogP contribution in [0.25, 0.3) is 0 Å². The van der Waals surface area contributed by atoms with E-state index < -0.39 is 10.0 Å². The van der Waals surface area contributed by atoms with E-state index in [4.69, 9.17) is 9.47 Å². The van der Waals surface area contributed by atoms with Gasteiger partial charge in [0.05, 0.1) is 7.11 Å². The first-order chi connectivity index (χ1) is 9.53. The lowest BCUT2D eigenvalue weighted by Crippen LogP contribution is -2.32. The van der Waals surface area contributed by atoms with Gasteiger partial charge in [0.25, 0.3) is 0 Å². The van der Waals surface area contributed by atoms with Crippen LogP contribution in [0.1, 0.15) is 18.4 Å². The standard InChI is InChI=1S/C14H21NO4S/c1-11-3-4-13(18-2)14(9-11)20(16,17)15-10-12-5-7-19-8-6-12/h3-4,9,12,15H,5-8,10H2,1-2H3. The zero-order valence-corrected chi connectivity index (χ0v) is 12.7. The molecular formula is C14H21NO4S. The molecule has 1 heterocycles. The molecule has 1 aliphatic heterocycles. The van der Waals surface area contributed by atoms with Crippen molar-refractivity contribution in [3.8, 4) is 5.75 Å². The Morgan fingerprint density at radius 3 is 2.70 bits per heavy atom. The van der Waals surface area contributed by atoms with Crippen molar-refractivity contribution in [2.24, 2.45) is 5.92 Å². The third-order valence-electron chi connectivity index (χ3n) is 3.51.